The molecule has 0 amide bonds. The zero-order chi connectivity index (χ0) is 17.4. The number of carbonyl (C=O) groups is 1. The van der Waals surface area contributed by atoms with E-state index in [2.05, 4.69) is 0 Å². The fraction of sp³-hybridized carbons (Fsp3) is 0.438. The number of benzene rings is 1. The Balaban J connectivity index is 2.62. The number of hydrogen-bond acceptors (Lipinski definition) is 4. The van der Waals surface area contributed by atoms with Gasteiger partial charge in [0.15, 0.2) is 17.8 Å². The smallest absolute Gasteiger partial charge is 0.416 e. The molecule has 1 heterocycles. The normalized spacial score (nSPS) is 17.6. The molecule has 1 aliphatic heterocycles. The Labute approximate surface area is 132 Å². The maximum Gasteiger partial charge on any atom is 0.416 e. The van der Waals surface area contributed by atoms with Crippen molar-refractivity contribution >= 4 is 11.9 Å². The van der Waals surface area contributed by atoms with Gasteiger partial charge in [-0.15, -0.1) is 0 Å². The van der Waals surface area contributed by atoms with E-state index in [1.807, 2.05) is 0 Å². The highest BCUT2D eigenvalue weighted by Gasteiger charge is 2.36. The lowest BCUT2D eigenvalue weighted by molar-refractivity contribution is -0.137. The Morgan fingerprint density at radius 1 is 1.39 bits per heavy atom. The van der Waals surface area contributed by atoms with Crippen molar-refractivity contribution in [3.63, 3.8) is 0 Å². The molecule has 23 heavy (non-hydrogen) atoms. The second kappa shape index (κ2) is 5.88. The number of rotatable bonds is 4. The van der Waals surface area contributed by atoms with Gasteiger partial charge in [-0.3, -0.25) is 4.79 Å². The van der Waals surface area contributed by atoms with Crippen LogP contribution in [0.3, 0.4) is 0 Å². The molecule has 4 nitrogen and oxygen atoms in total. The van der Waals surface area contributed by atoms with Gasteiger partial charge in [0.05, 0.1) is 5.56 Å². The molecule has 0 spiro atoms. The predicted molar refractivity (Wildman–Crippen MR) is 79.3 cm³/mol. The van der Waals surface area contributed by atoms with Crippen molar-refractivity contribution in [2.45, 2.75) is 38.6 Å². The fourth-order valence-electron chi connectivity index (χ4n) is 2.26. The molecule has 0 unspecified atom stereocenters. The topological polar surface area (TPSA) is 61.6 Å². The third-order valence-corrected chi connectivity index (χ3v) is 3.19. The SMILES string of the molecule is C[C@H](N)COc1cc(C(F)(F)F)cc2c1OC(C)(C)C=C2C=O. The number of alkyl halides is 3. The average molecular weight is 329 g/mol. The Bertz CT molecular complexity index is 649. The van der Waals surface area contributed by atoms with Gasteiger partial charge >= 0.3 is 6.18 Å². The maximum absolute atomic E-state index is 13.1. The number of fused-ring (bicyclic) bond motifs is 1. The van der Waals surface area contributed by atoms with Crippen molar-refractivity contribution in [1.82, 2.24) is 0 Å². The van der Waals surface area contributed by atoms with E-state index in [0.717, 1.165) is 12.1 Å². The summed E-state index contributed by atoms with van der Waals surface area (Å²) < 4.78 is 50.4. The van der Waals surface area contributed by atoms with Crippen molar-refractivity contribution < 1.29 is 27.4 Å². The number of allylic oxidation sites excluding steroid dienone is 1. The van der Waals surface area contributed by atoms with E-state index in [0.29, 0.717) is 6.29 Å². The molecular weight excluding hydrogens is 311 g/mol. The minimum absolute atomic E-state index is 0.0255. The first-order chi connectivity index (χ1) is 10.5. The molecule has 0 saturated heterocycles. The molecule has 2 rings (SSSR count). The zero-order valence-corrected chi connectivity index (χ0v) is 13.0. The highest BCUT2D eigenvalue weighted by molar-refractivity contribution is 6.09. The first-order valence-corrected chi connectivity index (χ1v) is 7.04. The van der Waals surface area contributed by atoms with Crippen LogP contribution in [0.5, 0.6) is 11.5 Å². The minimum atomic E-state index is -4.57. The van der Waals surface area contributed by atoms with Crippen molar-refractivity contribution in [3.8, 4) is 11.5 Å². The summed E-state index contributed by atoms with van der Waals surface area (Å²) in [5.74, 6) is 0.0425. The Morgan fingerprint density at radius 2 is 2.04 bits per heavy atom. The summed E-state index contributed by atoms with van der Waals surface area (Å²) in [6, 6.07) is 1.40. The lowest BCUT2D eigenvalue weighted by Gasteiger charge is -2.31. The standard InChI is InChI=1S/C16H18F3NO3/c1-9(20)8-22-13-5-11(16(17,18)19)4-12-10(7-21)6-15(2,3)23-14(12)13/h4-7,9H,8,20H2,1-3H3/t9-/m0/s1. The van der Waals surface area contributed by atoms with Gasteiger partial charge in [0.2, 0.25) is 0 Å². The van der Waals surface area contributed by atoms with Crippen LogP contribution in [0, 0.1) is 0 Å². The second-order valence-electron chi connectivity index (χ2n) is 6.06. The van der Waals surface area contributed by atoms with E-state index in [1.54, 1.807) is 20.8 Å². The molecule has 7 heteroatoms. The lowest BCUT2D eigenvalue weighted by Crippen LogP contribution is -2.30. The number of hydrogen-bond donors (Lipinski definition) is 1. The van der Waals surface area contributed by atoms with Crippen molar-refractivity contribution in [2.24, 2.45) is 5.73 Å². The van der Waals surface area contributed by atoms with Crippen LogP contribution in [0.1, 0.15) is 31.9 Å². The molecule has 1 aliphatic rings. The molecular formula is C16H18F3NO3. The number of halogens is 3. The van der Waals surface area contributed by atoms with Gasteiger partial charge in [-0.05, 0) is 39.0 Å². The molecule has 0 aliphatic carbocycles. The van der Waals surface area contributed by atoms with Gasteiger partial charge in [0, 0.05) is 17.2 Å². The van der Waals surface area contributed by atoms with Crippen LogP contribution in [-0.4, -0.2) is 24.5 Å². The summed E-state index contributed by atoms with van der Waals surface area (Å²) in [6.07, 6.45) is -2.57. The van der Waals surface area contributed by atoms with E-state index in [-0.39, 0.29) is 35.3 Å². The van der Waals surface area contributed by atoms with Crippen LogP contribution >= 0.6 is 0 Å². The third-order valence-electron chi connectivity index (χ3n) is 3.19. The summed E-state index contributed by atoms with van der Waals surface area (Å²) >= 11 is 0. The molecule has 0 radical (unpaired) electrons. The molecule has 1 aromatic rings. The van der Waals surface area contributed by atoms with Crippen LogP contribution in [-0.2, 0) is 11.0 Å². The van der Waals surface area contributed by atoms with Crippen LogP contribution < -0.4 is 15.2 Å². The van der Waals surface area contributed by atoms with Gasteiger partial charge in [-0.1, -0.05) is 0 Å². The third kappa shape index (κ3) is 3.85. The first kappa shape index (κ1) is 17.3. The number of nitrogens with two attached hydrogens (primary N) is 1. The van der Waals surface area contributed by atoms with Crippen LogP contribution in [0.15, 0.2) is 18.2 Å². The van der Waals surface area contributed by atoms with E-state index in [4.69, 9.17) is 15.2 Å². The lowest BCUT2D eigenvalue weighted by atomic mass is 9.93. The van der Waals surface area contributed by atoms with Crippen molar-refractivity contribution in [2.75, 3.05) is 6.61 Å². The summed E-state index contributed by atoms with van der Waals surface area (Å²) in [4.78, 5) is 11.3. The van der Waals surface area contributed by atoms with E-state index < -0.39 is 17.3 Å². The largest absolute Gasteiger partial charge is 0.488 e. The fourth-order valence-corrected chi connectivity index (χ4v) is 2.26. The predicted octanol–water partition coefficient (Wildman–Crippen LogP) is 3.18. The van der Waals surface area contributed by atoms with Gasteiger partial charge in [0.1, 0.15) is 12.2 Å². The Hall–Kier alpha value is -2.02. The van der Waals surface area contributed by atoms with Crippen LogP contribution in [0.25, 0.3) is 5.57 Å². The number of aldehydes is 1. The van der Waals surface area contributed by atoms with Gasteiger partial charge < -0.3 is 15.2 Å². The van der Waals surface area contributed by atoms with Gasteiger partial charge in [-0.25, -0.2) is 0 Å². The summed E-state index contributed by atoms with van der Waals surface area (Å²) in [7, 11) is 0. The number of carbonyl (C=O) groups excluding carboxylic acids is 1. The minimum Gasteiger partial charge on any atom is -0.488 e. The summed E-state index contributed by atoms with van der Waals surface area (Å²) in [5, 5.41) is 0. The average Bonchev–Trinajstić information content (AvgIpc) is 2.41. The van der Waals surface area contributed by atoms with Crippen molar-refractivity contribution in [1.29, 1.82) is 0 Å². The molecule has 1 aromatic carbocycles. The molecule has 1 atom stereocenters. The quantitative estimate of drug-likeness (QED) is 0.862. The molecule has 126 valence electrons. The van der Waals surface area contributed by atoms with E-state index >= 15 is 0 Å². The molecule has 0 aromatic heterocycles. The number of ether oxygens (including phenoxy) is 2. The highest BCUT2D eigenvalue weighted by atomic mass is 19.4. The maximum atomic E-state index is 13.1. The van der Waals surface area contributed by atoms with E-state index in [9.17, 15) is 18.0 Å². The monoisotopic (exact) mass is 329 g/mol. The molecule has 0 bridgehead atoms. The summed E-state index contributed by atoms with van der Waals surface area (Å²) in [5.41, 5.74) is 4.04. The Morgan fingerprint density at radius 3 is 2.57 bits per heavy atom. The first-order valence-electron chi connectivity index (χ1n) is 7.04. The van der Waals surface area contributed by atoms with E-state index in [1.165, 1.54) is 6.08 Å². The van der Waals surface area contributed by atoms with Gasteiger partial charge in [-0.2, -0.15) is 13.2 Å². The zero-order valence-electron chi connectivity index (χ0n) is 13.0. The van der Waals surface area contributed by atoms with Crippen LogP contribution in [0.2, 0.25) is 0 Å². The summed E-state index contributed by atoms with van der Waals surface area (Å²) in [6.45, 7) is 5.10. The molecule has 2 N–H and O–H groups in total. The highest BCUT2D eigenvalue weighted by Crippen LogP contribution is 2.45. The van der Waals surface area contributed by atoms with Crippen LogP contribution in [0.4, 0.5) is 13.2 Å². The second-order valence-corrected chi connectivity index (χ2v) is 6.06. The Kier molecular flexibility index (Phi) is 4.43. The van der Waals surface area contributed by atoms with Gasteiger partial charge in [0.25, 0.3) is 0 Å². The molecule has 0 fully saturated rings. The van der Waals surface area contributed by atoms with Crippen molar-refractivity contribution in [3.05, 3.63) is 29.3 Å². The molecule has 0 saturated carbocycles.